The summed E-state index contributed by atoms with van der Waals surface area (Å²) in [5.74, 6) is -0.371. The summed E-state index contributed by atoms with van der Waals surface area (Å²) in [5.41, 5.74) is 7.02. The molecule has 3 N–H and O–H groups in total. The van der Waals surface area contributed by atoms with E-state index in [4.69, 9.17) is 28.9 Å². The van der Waals surface area contributed by atoms with Crippen molar-refractivity contribution in [2.24, 2.45) is 5.73 Å². The molecule has 0 fully saturated rings. The molecule has 5 heteroatoms. The largest absolute Gasteiger partial charge is 0.377 e. The van der Waals surface area contributed by atoms with Gasteiger partial charge in [-0.25, -0.2) is 4.39 Å². The van der Waals surface area contributed by atoms with Crippen LogP contribution in [0.15, 0.2) is 42.5 Å². The Bertz CT molecular complexity index is 558. The highest BCUT2D eigenvalue weighted by Gasteiger charge is 2.14. The zero-order valence-corrected chi connectivity index (χ0v) is 11.5. The van der Waals surface area contributed by atoms with Gasteiger partial charge in [0, 0.05) is 27.8 Å². The van der Waals surface area contributed by atoms with E-state index in [9.17, 15) is 4.39 Å². The average molecular weight is 299 g/mol. The van der Waals surface area contributed by atoms with Gasteiger partial charge in [-0.2, -0.15) is 0 Å². The second-order valence-corrected chi connectivity index (χ2v) is 4.98. The smallest absolute Gasteiger partial charge is 0.130 e. The van der Waals surface area contributed by atoms with Crippen molar-refractivity contribution in [2.45, 2.75) is 6.04 Å². The van der Waals surface area contributed by atoms with Gasteiger partial charge in [0.05, 0.1) is 6.04 Å². The van der Waals surface area contributed by atoms with Crippen molar-refractivity contribution < 1.29 is 4.39 Å². The standard InChI is InChI=1S/C14H13Cl2FN2/c15-9-1-4-11(5-2-9)19-14(8-18)12-6-3-10(16)7-13(12)17/h1-7,14,19H,8,18H2. The van der Waals surface area contributed by atoms with Crippen molar-refractivity contribution in [3.05, 3.63) is 63.9 Å². The van der Waals surface area contributed by atoms with Crippen molar-refractivity contribution in [3.8, 4) is 0 Å². The molecule has 0 aliphatic heterocycles. The lowest BCUT2D eigenvalue weighted by molar-refractivity contribution is 0.593. The van der Waals surface area contributed by atoms with Crippen LogP contribution in [0, 0.1) is 5.82 Å². The molecule has 100 valence electrons. The van der Waals surface area contributed by atoms with E-state index in [1.165, 1.54) is 6.07 Å². The molecule has 0 radical (unpaired) electrons. The molecular formula is C14H13Cl2FN2. The normalized spacial score (nSPS) is 12.2. The van der Waals surface area contributed by atoms with Crippen LogP contribution in [-0.4, -0.2) is 6.54 Å². The first-order valence-corrected chi connectivity index (χ1v) is 6.53. The van der Waals surface area contributed by atoms with Crippen LogP contribution in [0.3, 0.4) is 0 Å². The molecule has 0 amide bonds. The Kier molecular flexibility index (Phi) is 4.64. The first-order valence-electron chi connectivity index (χ1n) is 5.77. The number of nitrogens with two attached hydrogens (primary N) is 1. The van der Waals surface area contributed by atoms with E-state index >= 15 is 0 Å². The molecule has 0 heterocycles. The van der Waals surface area contributed by atoms with Gasteiger partial charge in [-0.3, -0.25) is 0 Å². The van der Waals surface area contributed by atoms with Crippen molar-refractivity contribution in [2.75, 3.05) is 11.9 Å². The molecule has 2 rings (SSSR count). The Labute approximate surface area is 121 Å². The van der Waals surface area contributed by atoms with Gasteiger partial charge in [0.2, 0.25) is 0 Å². The Balaban J connectivity index is 2.22. The summed E-state index contributed by atoms with van der Waals surface area (Å²) in [7, 11) is 0. The van der Waals surface area contributed by atoms with Crippen LogP contribution in [0.25, 0.3) is 0 Å². The monoisotopic (exact) mass is 298 g/mol. The zero-order valence-electron chi connectivity index (χ0n) is 10.0. The summed E-state index contributed by atoms with van der Waals surface area (Å²) in [6, 6.07) is 11.4. The van der Waals surface area contributed by atoms with Gasteiger partial charge in [0.15, 0.2) is 0 Å². The third kappa shape index (κ3) is 3.60. The van der Waals surface area contributed by atoms with Crippen LogP contribution in [0.1, 0.15) is 11.6 Å². The molecule has 2 aromatic carbocycles. The fraction of sp³-hybridized carbons (Fsp3) is 0.143. The van der Waals surface area contributed by atoms with Crippen LogP contribution in [0.2, 0.25) is 10.0 Å². The maximum Gasteiger partial charge on any atom is 0.130 e. The lowest BCUT2D eigenvalue weighted by Gasteiger charge is -2.19. The highest BCUT2D eigenvalue weighted by atomic mass is 35.5. The van der Waals surface area contributed by atoms with Crippen LogP contribution >= 0.6 is 23.2 Å². The lowest BCUT2D eigenvalue weighted by atomic mass is 10.1. The highest BCUT2D eigenvalue weighted by molar-refractivity contribution is 6.30. The lowest BCUT2D eigenvalue weighted by Crippen LogP contribution is -2.21. The average Bonchev–Trinajstić information content (AvgIpc) is 2.39. The van der Waals surface area contributed by atoms with Gasteiger partial charge in [-0.15, -0.1) is 0 Å². The van der Waals surface area contributed by atoms with Gasteiger partial charge >= 0.3 is 0 Å². The van der Waals surface area contributed by atoms with E-state index in [2.05, 4.69) is 5.32 Å². The summed E-state index contributed by atoms with van der Waals surface area (Å²) >= 11 is 11.6. The minimum absolute atomic E-state index is 0.265. The number of nitrogens with one attached hydrogen (secondary N) is 1. The first kappa shape index (κ1) is 14.1. The predicted octanol–water partition coefficient (Wildman–Crippen LogP) is 4.24. The second-order valence-electron chi connectivity index (χ2n) is 4.11. The van der Waals surface area contributed by atoms with E-state index in [-0.39, 0.29) is 18.4 Å². The number of anilines is 1. The van der Waals surface area contributed by atoms with Gasteiger partial charge in [-0.1, -0.05) is 29.3 Å². The Morgan fingerprint density at radius 2 is 1.68 bits per heavy atom. The maximum absolute atomic E-state index is 13.9. The van der Waals surface area contributed by atoms with Crippen molar-refractivity contribution >= 4 is 28.9 Å². The molecule has 0 saturated heterocycles. The van der Waals surface area contributed by atoms with Crippen molar-refractivity contribution in [3.63, 3.8) is 0 Å². The molecule has 0 aromatic heterocycles. The number of hydrogen-bond acceptors (Lipinski definition) is 2. The van der Waals surface area contributed by atoms with Crippen LogP contribution < -0.4 is 11.1 Å². The molecule has 1 atom stereocenters. The number of halogens is 3. The molecular weight excluding hydrogens is 286 g/mol. The minimum atomic E-state index is -0.371. The second kappa shape index (κ2) is 6.24. The maximum atomic E-state index is 13.9. The Hall–Kier alpha value is -1.29. The van der Waals surface area contributed by atoms with E-state index in [0.717, 1.165) is 5.69 Å². The summed E-state index contributed by atoms with van der Waals surface area (Å²) in [5, 5.41) is 4.18. The third-order valence-electron chi connectivity index (χ3n) is 2.76. The fourth-order valence-electron chi connectivity index (χ4n) is 1.80. The van der Waals surface area contributed by atoms with Crippen molar-refractivity contribution in [1.82, 2.24) is 0 Å². The third-order valence-corrected chi connectivity index (χ3v) is 3.25. The summed E-state index contributed by atoms with van der Waals surface area (Å²) in [6.45, 7) is 0.265. The highest BCUT2D eigenvalue weighted by Crippen LogP contribution is 2.24. The SMILES string of the molecule is NCC(Nc1ccc(Cl)cc1)c1ccc(Cl)cc1F. The van der Waals surface area contributed by atoms with Gasteiger partial charge in [0.25, 0.3) is 0 Å². The van der Waals surface area contributed by atoms with E-state index in [0.29, 0.717) is 15.6 Å². The zero-order chi connectivity index (χ0) is 13.8. The number of benzene rings is 2. The van der Waals surface area contributed by atoms with Crippen LogP contribution in [0.4, 0.5) is 10.1 Å². The fourth-order valence-corrected chi connectivity index (χ4v) is 2.08. The minimum Gasteiger partial charge on any atom is -0.377 e. The van der Waals surface area contributed by atoms with Crippen LogP contribution in [0.5, 0.6) is 0 Å². The van der Waals surface area contributed by atoms with Crippen molar-refractivity contribution in [1.29, 1.82) is 0 Å². The molecule has 0 aliphatic carbocycles. The topological polar surface area (TPSA) is 38.0 Å². The predicted molar refractivity (Wildman–Crippen MR) is 78.3 cm³/mol. The summed E-state index contributed by atoms with van der Waals surface area (Å²) in [6.07, 6.45) is 0. The van der Waals surface area contributed by atoms with Crippen LogP contribution in [-0.2, 0) is 0 Å². The van der Waals surface area contributed by atoms with E-state index < -0.39 is 0 Å². The molecule has 0 saturated carbocycles. The molecule has 0 spiro atoms. The van der Waals surface area contributed by atoms with Gasteiger partial charge < -0.3 is 11.1 Å². The molecule has 0 aliphatic rings. The molecule has 19 heavy (non-hydrogen) atoms. The molecule has 1 unspecified atom stereocenters. The molecule has 2 nitrogen and oxygen atoms in total. The molecule has 0 bridgehead atoms. The Morgan fingerprint density at radius 3 is 2.26 bits per heavy atom. The Morgan fingerprint density at radius 1 is 1.05 bits per heavy atom. The number of hydrogen-bond donors (Lipinski definition) is 2. The number of rotatable bonds is 4. The van der Waals surface area contributed by atoms with E-state index in [1.54, 1.807) is 24.3 Å². The quantitative estimate of drug-likeness (QED) is 0.886. The molecule has 2 aromatic rings. The summed E-state index contributed by atoms with van der Waals surface area (Å²) in [4.78, 5) is 0. The van der Waals surface area contributed by atoms with Gasteiger partial charge in [0.1, 0.15) is 5.82 Å². The summed E-state index contributed by atoms with van der Waals surface area (Å²) < 4.78 is 13.9. The van der Waals surface area contributed by atoms with E-state index in [1.807, 2.05) is 12.1 Å². The first-order chi connectivity index (χ1) is 9.10. The van der Waals surface area contributed by atoms with Gasteiger partial charge in [-0.05, 0) is 36.4 Å².